The Labute approximate surface area is 405 Å². The number of rotatable bonds is 21. The lowest BCUT2D eigenvalue weighted by Gasteiger charge is -2.46. The van der Waals surface area contributed by atoms with Crippen LogP contribution in [0, 0.1) is 11.8 Å². The minimum Gasteiger partial charge on any atom is -0.496 e. The van der Waals surface area contributed by atoms with Crippen molar-refractivity contribution in [3.8, 4) is 46.3 Å². The largest absolute Gasteiger partial charge is 0.496 e. The second-order valence-electron chi connectivity index (χ2n) is 17.9. The Morgan fingerprint density at radius 3 is 1.75 bits per heavy atom. The zero-order valence-corrected chi connectivity index (χ0v) is 41.1. The van der Waals surface area contributed by atoms with Crippen LogP contribution in [0.15, 0.2) is 48.5 Å². The minimum atomic E-state index is -0.844. The Morgan fingerprint density at radius 1 is 0.594 bits per heavy atom. The van der Waals surface area contributed by atoms with Crippen molar-refractivity contribution in [2.75, 3.05) is 96.1 Å². The lowest BCUT2D eigenvalue weighted by molar-refractivity contribution is -0.941. The Hall–Kier alpha value is -6.06. The monoisotopic (exact) mass is 956 g/mol. The topological polar surface area (TPSA) is 189 Å². The lowest BCUT2D eigenvalue weighted by atomic mass is 9.82. The van der Waals surface area contributed by atoms with Gasteiger partial charge in [-0.05, 0) is 64.7 Å². The first-order valence-corrected chi connectivity index (χ1v) is 23.1. The Kier molecular flexibility index (Phi) is 17.8. The van der Waals surface area contributed by atoms with Crippen molar-refractivity contribution in [3.63, 3.8) is 0 Å². The molecule has 2 aliphatic rings. The van der Waals surface area contributed by atoms with Gasteiger partial charge in [-0.15, -0.1) is 0 Å². The van der Waals surface area contributed by atoms with E-state index in [1.165, 1.54) is 0 Å². The van der Waals surface area contributed by atoms with Crippen LogP contribution in [0.4, 0.5) is 0 Å². The third-order valence-corrected chi connectivity index (χ3v) is 13.9. The number of hydrogen-bond donors (Lipinski definition) is 4. The number of methoxy groups -OCH3 is 6. The first-order valence-electron chi connectivity index (χ1n) is 23.1. The number of carbonyl (C=O) groups is 2. The highest BCUT2D eigenvalue weighted by atomic mass is 16.5. The minimum absolute atomic E-state index is 0.0479. The Balaban J connectivity index is 1.09. The molecule has 69 heavy (non-hydrogen) atoms. The molecule has 4 N–H and O–H groups in total. The van der Waals surface area contributed by atoms with Crippen LogP contribution in [-0.4, -0.2) is 137 Å². The van der Waals surface area contributed by atoms with Crippen LogP contribution in [0.2, 0.25) is 0 Å². The molecule has 16 nitrogen and oxygen atoms in total. The van der Waals surface area contributed by atoms with E-state index in [1.54, 1.807) is 42.7 Å². The molecule has 16 heteroatoms. The van der Waals surface area contributed by atoms with Gasteiger partial charge in [0.1, 0.15) is 23.6 Å². The maximum absolute atomic E-state index is 12.8. The van der Waals surface area contributed by atoms with Crippen molar-refractivity contribution in [1.29, 1.82) is 0 Å². The van der Waals surface area contributed by atoms with Gasteiger partial charge < -0.3 is 67.3 Å². The van der Waals surface area contributed by atoms with E-state index >= 15 is 0 Å². The molecule has 372 valence electrons. The molecule has 0 spiro atoms. The van der Waals surface area contributed by atoms with Crippen LogP contribution >= 0.6 is 0 Å². The molecule has 0 bridgehead atoms. The van der Waals surface area contributed by atoms with Crippen LogP contribution in [0.1, 0.15) is 80.6 Å². The van der Waals surface area contributed by atoms with E-state index in [9.17, 15) is 30.0 Å². The molecule has 0 radical (unpaired) electrons. The first kappa shape index (κ1) is 52.3. The number of carbonyl (C=O) groups excluding carboxylic acids is 2. The second-order valence-corrected chi connectivity index (χ2v) is 17.9. The fourth-order valence-corrected chi connectivity index (χ4v) is 10.4. The molecule has 4 unspecified atom stereocenters. The summed E-state index contributed by atoms with van der Waals surface area (Å²) in [7, 11) is 13.8. The van der Waals surface area contributed by atoms with Gasteiger partial charge >= 0.3 is 11.9 Å². The smallest absolute Gasteiger partial charge is 0.384 e. The fourth-order valence-electron chi connectivity index (χ4n) is 10.4. The highest BCUT2D eigenvalue weighted by Crippen LogP contribution is 2.48. The molecule has 0 amide bonds. The number of nitrogens with zero attached hydrogens (tertiary/aromatic N) is 2. The molecule has 0 saturated heterocycles. The molecular weight excluding hydrogens is 889 g/mol. The third-order valence-electron chi connectivity index (χ3n) is 13.9. The number of aliphatic hydroxyl groups excluding tert-OH is 4. The summed E-state index contributed by atoms with van der Waals surface area (Å²) >= 11 is 0. The molecular formula is C53H68N2O14+2. The average Bonchev–Trinajstić information content (AvgIpc) is 3.37. The predicted octanol–water partition coefficient (Wildman–Crippen LogP) is 4.66. The van der Waals surface area contributed by atoms with Crippen molar-refractivity contribution in [1.82, 2.24) is 0 Å². The quantitative estimate of drug-likeness (QED) is 0.0297. The van der Waals surface area contributed by atoms with Crippen molar-refractivity contribution < 1.29 is 76.9 Å². The Bertz CT molecular complexity index is 2510. The molecule has 4 atom stereocenters. The Morgan fingerprint density at radius 2 is 1.17 bits per heavy atom. The normalized spacial score (nSPS) is 19.2. The van der Waals surface area contributed by atoms with Gasteiger partial charge in [0.25, 0.3) is 0 Å². The van der Waals surface area contributed by atoms with Gasteiger partial charge in [-0.2, -0.15) is 0 Å². The number of quaternary nitrogens is 2. The summed E-state index contributed by atoms with van der Waals surface area (Å²) < 4.78 is 46.1. The first-order chi connectivity index (χ1) is 33.3. The standard InChI is InChI=1S/C53H68N2O14/c1-54(19-15-35-28-45(63-4)46(64-5)29-41(35)43(54)24-34-23-40(32-58)52(66-7)47(25-34)65-6)17-9-21-68-48(60)13-14-49(61)69-22-10-18-55(2)20-16-36-26-38(30-56)42(33-59)53(67-8)50(36)51(55)37-11-12-44(62-3)39(27-37)31-57/h11-12,23,25-29,43,51,56-59H,9-10,15-22,24,30-33H2,1-8H3/q+2. The van der Waals surface area contributed by atoms with Crippen LogP contribution in [-0.2, 0) is 64.8 Å². The van der Waals surface area contributed by atoms with E-state index in [1.807, 2.05) is 48.5 Å². The highest BCUT2D eigenvalue weighted by molar-refractivity contribution is 5.98. The van der Waals surface area contributed by atoms with E-state index < -0.39 is 11.9 Å². The van der Waals surface area contributed by atoms with Crippen LogP contribution in [0.25, 0.3) is 0 Å². The summed E-state index contributed by atoms with van der Waals surface area (Å²) in [6.07, 6.45) is 3.04. The number of likely N-dealkylation sites (N-methyl/N-ethyl adjacent to an activating group) is 2. The summed E-state index contributed by atoms with van der Waals surface area (Å²) in [5.74, 6) is 6.26. The number of aliphatic hydroxyl groups is 4. The van der Waals surface area contributed by atoms with Crippen LogP contribution in [0.5, 0.6) is 34.5 Å². The maximum atomic E-state index is 12.8. The average molecular weight is 957 g/mol. The van der Waals surface area contributed by atoms with Crippen molar-refractivity contribution in [3.05, 3.63) is 104 Å². The van der Waals surface area contributed by atoms with Gasteiger partial charge in [-0.3, -0.25) is 0 Å². The van der Waals surface area contributed by atoms with E-state index in [-0.39, 0.29) is 51.7 Å². The molecule has 0 aromatic heterocycles. The van der Waals surface area contributed by atoms with Gasteiger partial charge in [0.05, 0.1) is 128 Å². The van der Waals surface area contributed by atoms with Crippen LogP contribution in [0.3, 0.4) is 0 Å². The summed E-state index contributed by atoms with van der Waals surface area (Å²) in [6, 6.07) is 15.2. The number of ether oxygens (including phenoxy) is 8. The van der Waals surface area contributed by atoms with Gasteiger partial charge in [-0.25, -0.2) is 9.59 Å². The van der Waals surface area contributed by atoms with E-state index in [2.05, 4.69) is 25.9 Å². The fraction of sp³-hybridized carbons (Fsp3) is 0.472. The molecule has 6 rings (SSSR count). The SMILES string of the molecule is COc1ccc(C2c3c(cc(CO)c(CO)c3OC)CC[N+]2(C)CCCOC(=O)C#CC(=O)OCCC[N+]2(C)CCc3cc(OC)c(OC)cc3C2Cc2cc(CO)c(OC)c(OC)c2)cc1CO. The maximum Gasteiger partial charge on any atom is 0.384 e. The zero-order valence-electron chi connectivity index (χ0n) is 41.1. The summed E-state index contributed by atoms with van der Waals surface area (Å²) in [4.78, 5) is 25.6. The van der Waals surface area contributed by atoms with Crippen molar-refractivity contribution >= 4 is 11.9 Å². The van der Waals surface area contributed by atoms with Gasteiger partial charge in [-0.1, -0.05) is 6.07 Å². The summed E-state index contributed by atoms with van der Waals surface area (Å²) in [6.45, 7) is 1.84. The van der Waals surface area contributed by atoms with E-state index in [4.69, 9.17) is 37.9 Å². The molecule has 2 aliphatic heterocycles. The molecule has 4 aromatic carbocycles. The van der Waals surface area contributed by atoms with Crippen molar-refractivity contribution in [2.24, 2.45) is 0 Å². The molecule has 0 fully saturated rings. The van der Waals surface area contributed by atoms with E-state index in [0.717, 1.165) is 46.3 Å². The number of fused-ring (bicyclic) bond motifs is 2. The molecule has 4 aromatic rings. The van der Waals surface area contributed by atoms with E-state index in [0.29, 0.717) is 111 Å². The van der Waals surface area contributed by atoms with Crippen molar-refractivity contribution in [2.45, 2.75) is 70.6 Å². The van der Waals surface area contributed by atoms with Crippen LogP contribution < -0.4 is 28.4 Å². The summed E-state index contributed by atoms with van der Waals surface area (Å²) in [5.41, 5.74) is 8.36. The second kappa shape index (κ2) is 23.5. The zero-order chi connectivity index (χ0) is 49.9. The predicted molar refractivity (Wildman–Crippen MR) is 255 cm³/mol. The number of esters is 2. The lowest BCUT2D eigenvalue weighted by Crippen LogP contribution is -2.52. The number of hydrogen-bond acceptors (Lipinski definition) is 14. The molecule has 2 heterocycles. The van der Waals surface area contributed by atoms with Gasteiger partial charge in [0.15, 0.2) is 23.0 Å². The molecule has 0 aliphatic carbocycles. The van der Waals surface area contributed by atoms with Gasteiger partial charge in [0.2, 0.25) is 0 Å². The molecule has 0 saturated carbocycles. The highest BCUT2D eigenvalue weighted by Gasteiger charge is 2.44. The van der Waals surface area contributed by atoms with Gasteiger partial charge in [0, 0.05) is 71.8 Å². The number of benzene rings is 4. The third kappa shape index (κ3) is 11.4. The summed E-state index contributed by atoms with van der Waals surface area (Å²) in [5, 5.41) is 41.0.